The number of benzene rings is 1. The van der Waals surface area contributed by atoms with Crippen LogP contribution in [0.1, 0.15) is 48.9 Å². The molecule has 1 aromatic rings. The second-order valence-electron chi connectivity index (χ2n) is 8.44. The molecule has 3 amide bonds. The van der Waals surface area contributed by atoms with E-state index >= 15 is 0 Å². The molecule has 7 nitrogen and oxygen atoms in total. The van der Waals surface area contributed by atoms with Crippen LogP contribution in [0.3, 0.4) is 0 Å². The van der Waals surface area contributed by atoms with Gasteiger partial charge in [-0.25, -0.2) is 0 Å². The Morgan fingerprint density at radius 3 is 2.34 bits per heavy atom. The number of likely N-dealkylation sites (N-methyl/N-ethyl adjacent to an activating group) is 1. The van der Waals surface area contributed by atoms with Crippen LogP contribution in [-0.4, -0.2) is 67.3 Å². The summed E-state index contributed by atoms with van der Waals surface area (Å²) < 4.78 is 0. The fourth-order valence-corrected chi connectivity index (χ4v) is 4.65. The lowest BCUT2D eigenvalue weighted by molar-refractivity contribution is -0.136. The number of carbonyl (C=O) groups excluding carboxylic acids is 3. The number of hydrogen-bond donors (Lipinski definition) is 1. The molecule has 0 radical (unpaired) electrons. The Kier molecular flexibility index (Phi) is 5.74. The molecule has 0 atom stereocenters. The van der Waals surface area contributed by atoms with E-state index in [1.807, 2.05) is 33.9 Å². The van der Waals surface area contributed by atoms with Crippen LogP contribution in [0.5, 0.6) is 0 Å². The maximum absolute atomic E-state index is 13.0. The van der Waals surface area contributed by atoms with E-state index in [1.54, 1.807) is 6.07 Å². The third kappa shape index (κ3) is 4.23. The van der Waals surface area contributed by atoms with Gasteiger partial charge in [0, 0.05) is 44.7 Å². The molecular formula is C22H30N4O3. The standard InChI is InChI=1S/C22H30N4O3/c1-24-15-20(27)23-18-14-17(6-7-19(18)24)22(29)26-12-8-16(9-13-26)21(28)25-10-4-2-3-5-11-25/h6-7,14,16H,2-5,8-13,15H2,1H3,(H,23,27). The van der Waals surface area contributed by atoms with Gasteiger partial charge in [-0.3, -0.25) is 14.4 Å². The summed E-state index contributed by atoms with van der Waals surface area (Å²) in [5.74, 6) is 0.209. The highest BCUT2D eigenvalue weighted by Gasteiger charge is 2.31. The molecule has 0 aromatic heterocycles. The smallest absolute Gasteiger partial charge is 0.253 e. The van der Waals surface area contributed by atoms with Crippen molar-refractivity contribution in [2.24, 2.45) is 5.92 Å². The van der Waals surface area contributed by atoms with Gasteiger partial charge >= 0.3 is 0 Å². The Bertz CT molecular complexity index is 793. The molecule has 2 fully saturated rings. The van der Waals surface area contributed by atoms with E-state index in [9.17, 15) is 14.4 Å². The van der Waals surface area contributed by atoms with Gasteiger partial charge in [0.25, 0.3) is 5.91 Å². The van der Waals surface area contributed by atoms with Crippen LogP contribution in [0, 0.1) is 5.92 Å². The van der Waals surface area contributed by atoms with Crippen molar-refractivity contribution in [3.05, 3.63) is 23.8 Å². The number of anilines is 2. The summed E-state index contributed by atoms with van der Waals surface area (Å²) in [4.78, 5) is 43.4. The Labute approximate surface area is 172 Å². The maximum atomic E-state index is 13.0. The summed E-state index contributed by atoms with van der Waals surface area (Å²) in [5.41, 5.74) is 2.18. The average molecular weight is 399 g/mol. The van der Waals surface area contributed by atoms with Crippen molar-refractivity contribution in [2.75, 3.05) is 50.0 Å². The zero-order chi connectivity index (χ0) is 20.4. The third-order valence-electron chi connectivity index (χ3n) is 6.36. The van der Waals surface area contributed by atoms with Gasteiger partial charge in [0.15, 0.2) is 0 Å². The van der Waals surface area contributed by atoms with E-state index in [-0.39, 0.29) is 23.6 Å². The third-order valence-corrected chi connectivity index (χ3v) is 6.36. The van der Waals surface area contributed by atoms with Crippen LogP contribution in [0.4, 0.5) is 11.4 Å². The predicted molar refractivity (Wildman–Crippen MR) is 112 cm³/mol. The van der Waals surface area contributed by atoms with E-state index < -0.39 is 0 Å². The fraction of sp³-hybridized carbons (Fsp3) is 0.591. The predicted octanol–water partition coefficient (Wildman–Crippen LogP) is 2.33. The van der Waals surface area contributed by atoms with Gasteiger partial charge in [-0.05, 0) is 43.9 Å². The van der Waals surface area contributed by atoms with Crippen LogP contribution >= 0.6 is 0 Å². The fourth-order valence-electron chi connectivity index (χ4n) is 4.65. The average Bonchev–Trinajstić information content (AvgIpc) is 3.02. The van der Waals surface area contributed by atoms with Crippen LogP contribution in [0.25, 0.3) is 0 Å². The minimum absolute atomic E-state index is 0.0315. The van der Waals surface area contributed by atoms with Gasteiger partial charge in [0.05, 0.1) is 17.9 Å². The van der Waals surface area contributed by atoms with E-state index in [4.69, 9.17) is 0 Å². The number of hydrogen-bond acceptors (Lipinski definition) is 4. The highest BCUT2D eigenvalue weighted by molar-refractivity contribution is 6.04. The Morgan fingerprint density at radius 1 is 0.966 bits per heavy atom. The van der Waals surface area contributed by atoms with E-state index in [1.165, 1.54) is 12.8 Å². The quantitative estimate of drug-likeness (QED) is 0.830. The molecule has 7 heteroatoms. The van der Waals surface area contributed by atoms with Crippen molar-refractivity contribution in [3.63, 3.8) is 0 Å². The maximum Gasteiger partial charge on any atom is 0.253 e. The Hall–Kier alpha value is -2.57. The normalized spacial score (nSPS) is 20.7. The summed E-state index contributed by atoms with van der Waals surface area (Å²) in [6.45, 7) is 3.29. The molecule has 0 unspecified atom stereocenters. The van der Waals surface area contributed by atoms with Crippen molar-refractivity contribution < 1.29 is 14.4 Å². The summed E-state index contributed by atoms with van der Waals surface area (Å²) in [6.07, 6.45) is 6.10. The molecule has 3 heterocycles. The van der Waals surface area contributed by atoms with E-state index in [0.29, 0.717) is 30.9 Å². The SMILES string of the molecule is CN1CC(=O)Nc2cc(C(=O)N3CCC(C(=O)N4CCCCCC4)CC3)ccc21. The Balaban J connectivity index is 1.37. The number of likely N-dealkylation sites (tertiary alicyclic amines) is 2. The molecule has 156 valence electrons. The number of rotatable bonds is 2. The second kappa shape index (κ2) is 8.43. The molecule has 1 N–H and O–H groups in total. The molecule has 29 heavy (non-hydrogen) atoms. The molecule has 0 bridgehead atoms. The zero-order valence-electron chi connectivity index (χ0n) is 17.2. The number of nitrogens with one attached hydrogen (secondary N) is 1. The summed E-state index contributed by atoms with van der Waals surface area (Å²) >= 11 is 0. The first-order chi connectivity index (χ1) is 14.0. The molecule has 0 saturated carbocycles. The number of carbonyl (C=O) groups is 3. The van der Waals surface area contributed by atoms with Crippen LogP contribution in [0.2, 0.25) is 0 Å². The van der Waals surface area contributed by atoms with Crippen LogP contribution < -0.4 is 10.2 Å². The number of nitrogens with zero attached hydrogens (tertiary/aromatic N) is 3. The van der Waals surface area contributed by atoms with Crippen molar-refractivity contribution in [1.82, 2.24) is 9.80 Å². The first kappa shape index (κ1) is 19.7. The molecule has 0 spiro atoms. The monoisotopic (exact) mass is 398 g/mol. The Morgan fingerprint density at radius 2 is 1.66 bits per heavy atom. The summed E-state index contributed by atoms with van der Waals surface area (Å²) in [7, 11) is 1.87. The van der Waals surface area contributed by atoms with Gasteiger partial charge in [-0.2, -0.15) is 0 Å². The van der Waals surface area contributed by atoms with Gasteiger partial charge in [-0.1, -0.05) is 12.8 Å². The zero-order valence-corrected chi connectivity index (χ0v) is 17.2. The second-order valence-corrected chi connectivity index (χ2v) is 8.44. The van der Waals surface area contributed by atoms with Crippen molar-refractivity contribution >= 4 is 29.1 Å². The summed E-state index contributed by atoms with van der Waals surface area (Å²) in [5, 5.41) is 2.85. The molecule has 1 aromatic carbocycles. The largest absolute Gasteiger partial charge is 0.364 e. The minimum atomic E-state index is -0.0718. The lowest BCUT2D eigenvalue weighted by Gasteiger charge is -2.34. The highest BCUT2D eigenvalue weighted by Crippen LogP contribution is 2.30. The van der Waals surface area contributed by atoms with Gasteiger partial charge < -0.3 is 20.0 Å². The van der Waals surface area contributed by atoms with Gasteiger partial charge in [-0.15, -0.1) is 0 Å². The molecular weight excluding hydrogens is 368 g/mol. The number of fused-ring (bicyclic) bond motifs is 1. The topological polar surface area (TPSA) is 73.0 Å². The first-order valence-corrected chi connectivity index (χ1v) is 10.8. The highest BCUT2D eigenvalue weighted by atomic mass is 16.2. The summed E-state index contributed by atoms with van der Waals surface area (Å²) in [6, 6.07) is 5.47. The molecule has 3 aliphatic heterocycles. The number of piperidine rings is 1. The van der Waals surface area contributed by atoms with Gasteiger partial charge in [0.1, 0.15) is 0 Å². The van der Waals surface area contributed by atoms with Crippen LogP contribution in [0.15, 0.2) is 18.2 Å². The first-order valence-electron chi connectivity index (χ1n) is 10.8. The minimum Gasteiger partial charge on any atom is -0.364 e. The van der Waals surface area contributed by atoms with Crippen molar-refractivity contribution in [2.45, 2.75) is 38.5 Å². The lowest BCUT2D eigenvalue weighted by Crippen LogP contribution is -2.44. The molecule has 4 rings (SSSR count). The van der Waals surface area contributed by atoms with E-state index in [0.717, 1.165) is 44.5 Å². The van der Waals surface area contributed by atoms with Crippen molar-refractivity contribution in [1.29, 1.82) is 0 Å². The molecule has 2 saturated heterocycles. The van der Waals surface area contributed by atoms with E-state index in [2.05, 4.69) is 5.32 Å². The molecule has 0 aliphatic carbocycles. The lowest BCUT2D eigenvalue weighted by atomic mass is 9.94. The van der Waals surface area contributed by atoms with Crippen LogP contribution in [-0.2, 0) is 9.59 Å². The van der Waals surface area contributed by atoms with Crippen molar-refractivity contribution in [3.8, 4) is 0 Å². The molecule has 3 aliphatic rings. The number of amides is 3. The van der Waals surface area contributed by atoms with Gasteiger partial charge in [0.2, 0.25) is 11.8 Å².